The Morgan fingerprint density at radius 2 is 2.06 bits per heavy atom. The molecule has 0 saturated heterocycles. The predicted octanol–water partition coefficient (Wildman–Crippen LogP) is 1.05. The van der Waals surface area contributed by atoms with Crippen molar-refractivity contribution in [3.8, 4) is 5.75 Å². The Morgan fingerprint density at radius 3 is 2.62 bits per heavy atom. The molecule has 88 valence electrons. The molecular formula is C12H18N2O2. The number of nitrogens with two attached hydrogens (primary N) is 1. The van der Waals surface area contributed by atoms with Gasteiger partial charge >= 0.3 is 0 Å². The van der Waals surface area contributed by atoms with Gasteiger partial charge in [0.15, 0.2) is 0 Å². The monoisotopic (exact) mass is 222 g/mol. The lowest BCUT2D eigenvalue weighted by molar-refractivity contribution is -0.121. The van der Waals surface area contributed by atoms with Crippen molar-refractivity contribution >= 4 is 5.91 Å². The molecule has 1 amide bonds. The Hall–Kier alpha value is -1.55. The zero-order valence-corrected chi connectivity index (χ0v) is 9.53. The van der Waals surface area contributed by atoms with E-state index >= 15 is 0 Å². The van der Waals surface area contributed by atoms with Crippen molar-refractivity contribution in [1.82, 2.24) is 5.32 Å². The highest BCUT2D eigenvalue weighted by Crippen LogP contribution is 2.11. The molecule has 16 heavy (non-hydrogen) atoms. The summed E-state index contributed by atoms with van der Waals surface area (Å²) in [6.07, 6.45) is 0.381. The minimum atomic E-state index is 0.0149. The molecule has 0 saturated carbocycles. The van der Waals surface area contributed by atoms with Crippen LogP contribution < -0.4 is 15.8 Å². The summed E-state index contributed by atoms with van der Waals surface area (Å²) in [6.45, 7) is 3.47. The number of amides is 1. The third-order valence-corrected chi connectivity index (χ3v) is 2.13. The van der Waals surface area contributed by atoms with Crippen LogP contribution in [0.15, 0.2) is 24.3 Å². The number of hydrogen-bond donors (Lipinski definition) is 2. The maximum Gasteiger partial charge on any atom is 0.223 e. The molecule has 0 aliphatic carbocycles. The van der Waals surface area contributed by atoms with Crippen LogP contribution in [0.25, 0.3) is 0 Å². The van der Waals surface area contributed by atoms with Crippen LogP contribution in [0.3, 0.4) is 0 Å². The second kappa shape index (κ2) is 6.85. The van der Waals surface area contributed by atoms with Gasteiger partial charge in [-0.1, -0.05) is 12.1 Å². The van der Waals surface area contributed by atoms with Gasteiger partial charge in [0.25, 0.3) is 0 Å². The zero-order chi connectivity index (χ0) is 11.8. The predicted molar refractivity (Wildman–Crippen MR) is 63.1 cm³/mol. The van der Waals surface area contributed by atoms with Crippen LogP contribution in [-0.2, 0) is 11.3 Å². The molecule has 4 heteroatoms. The standard InChI is InChI=1S/C12H18N2O2/c1-2-14-12(15)7-8-16-11-5-3-10(9-13)4-6-11/h3-6H,2,7-9,13H2,1H3,(H,14,15). The van der Waals surface area contributed by atoms with Gasteiger partial charge in [-0.2, -0.15) is 0 Å². The number of hydrogen-bond acceptors (Lipinski definition) is 3. The summed E-state index contributed by atoms with van der Waals surface area (Å²) in [6, 6.07) is 7.56. The molecule has 0 spiro atoms. The highest BCUT2D eigenvalue weighted by atomic mass is 16.5. The Labute approximate surface area is 95.8 Å². The van der Waals surface area contributed by atoms with E-state index < -0.39 is 0 Å². The Balaban J connectivity index is 2.29. The molecule has 0 radical (unpaired) electrons. The number of nitrogens with one attached hydrogen (secondary N) is 1. The molecule has 0 fully saturated rings. The van der Waals surface area contributed by atoms with Crippen molar-refractivity contribution in [2.75, 3.05) is 13.2 Å². The average Bonchev–Trinajstić information content (AvgIpc) is 2.30. The van der Waals surface area contributed by atoms with Gasteiger partial charge in [0.05, 0.1) is 13.0 Å². The summed E-state index contributed by atoms with van der Waals surface area (Å²) in [5, 5.41) is 2.71. The smallest absolute Gasteiger partial charge is 0.223 e. The molecule has 0 aromatic heterocycles. The van der Waals surface area contributed by atoms with E-state index in [-0.39, 0.29) is 5.91 Å². The largest absolute Gasteiger partial charge is 0.493 e. The van der Waals surface area contributed by atoms with Crippen molar-refractivity contribution in [2.45, 2.75) is 19.9 Å². The van der Waals surface area contributed by atoms with Gasteiger partial charge in [0, 0.05) is 13.1 Å². The quantitative estimate of drug-likeness (QED) is 0.756. The van der Waals surface area contributed by atoms with Crippen molar-refractivity contribution in [2.24, 2.45) is 5.73 Å². The minimum absolute atomic E-state index is 0.0149. The summed E-state index contributed by atoms with van der Waals surface area (Å²) >= 11 is 0. The molecule has 1 rings (SSSR count). The van der Waals surface area contributed by atoms with E-state index in [1.54, 1.807) is 0 Å². The fourth-order valence-corrected chi connectivity index (χ4v) is 1.27. The molecular weight excluding hydrogens is 204 g/mol. The van der Waals surface area contributed by atoms with Crippen LogP contribution in [0.2, 0.25) is 0 Å². The molecule has 0 aliphatic heterocycles. The Kier molecular flexibility index (Phi) is 5.36. The maximum absolute atomic E-state index is 11.1. The molecule has 0 atom stereocenters. The summed E-state index contributed by atoms with van der Waals surface area (Å²) in [7, 11) is 0. The van der Waals surface area contributed by atoms with E-state index in [1.807, 2.05) is 31.2 Å². The summed E-state index contributed by atoms with van der Waals surface area (Å²) in [5.74, 6) is 0.780. The van der Waals surface area contributed by atoms with E-state index in [4.69, 9.17) is 10.5 Å². The summed E-state index contributed by atoms with van der Waals surface area (Å²) in [5.41, 5.74) is 6.55. The van der Waals surface area contributed by atoms with E-state index in [2.05, 4.69) is 5.32 Å². The van der Waals surface area contributed by atoms with Crippen LogP contribution in [0, 0.1) is 0 Å². The lowest BCUT2D eigenvalue weighted by Crippen LogP contribution is -2.24. The number of ether oxygens (including phenoxy) is 1. The van der Waals surface area contributed by atoms with Crippen LogP contribution in [0.4, 0.5) is 0 Å². The number of benzene rings is 1. The van der Waals surface area contributed by atoms with Crippen molar-refractivity contribution < 1.29 is 9.53 Å². The first-order valence-electron chi connectivity index (χ1n) is 5.44. The van der Waals surface area contributed by atoms with Crippen molar-refractivity contribution in [3.63, 3.8) is 0 Å². The third kappa shape index (κ3) is 4.31. The van der Waals surface area contributed by atoms with Crippen LogP contribution in [0.5, 0.6) is 5.75 Å². The van der Waals surface area contributed by atoms with Gasteiger partial charge in [-0.3, -0.25) is 4.79 Å². The van der Waals surface area contributed by atoms with Gasteiger partial charge in [0.1, 0.15) is 5.75 Å². The third-order valence-electron chi connectivity index (χ3n) is 2.13. The fraction of sp³-hybridized carbons (Fsp3) is 0.417. The Morgan fingerprint density at radius 1 is 1.38 bits per heavy atom. The molecule has 0 unspecified atom stereocenters. The van der Waals surface area contributed by atoms with Gasteiger partial charge in [-0.25, -0.2) is 0 Å². The van der Waals surface area contributed by atoms with Gasteiger partial charge < -0.3 is 15.8 Å². The summed E-state index contributed by atoms with van der Waals surface area (Å²) < 4.78 is 5.42. The Bertz CT molecular complexity index is 322. The van der Waals surface area contributed by atoms with Crippen LogP contribution in [-0.4, -0.2) is 19.1 Å². The SMILES string of the molecule is CCNC(=O)CCOc1ccc(CN)cc1. The number of carbonyl (C=O) groups excluding carboxylic acids is 1. The molecule has 4 nitrogen and oxygen atoms in total. The molecule has 3 N–H and O–H groups in total. The van der Waals surface area contributed by atoms with E-state index in [0.717, 1.165) is 11.3 Å². The lowest BCUT2D eigenvalue weighted by atomic mass is 10.2. The topological polar surface area (TPSA) is 64.3 Å². The van der Waals surface area contributed by atoms with Gasteiger partial charge in [-0.15, -0.1) is 0 Å². The number of rotatable bonds is 6. The first kappa shape index (κ1) is 12.5. The maximum atomic E-state index is 11.1. The normalized spacial score (nSPS) is 9.88. The molecule has 0 bridgehead atoms. The van der Waals surface area contributed by atoms with E-state index in [9.17, 15) is 4.79 Å². The number of carbonyl (C=O) groups is 1. The molecule has 1 aromatic rings. The summed E-state index contributed by atoms with van der Waals surface area (Å²) in [4.78, 5) is 11.1. The van der Waals surface area contributed by atoms with Crippen LogP contribution >= 0.6 is 0 Å². The van der Waals surface area contributed by atoms with E-state index in [1.165, 1.54) is 0 Å². The molecule has 0 aliphatic rings. The van der Waals surface area contributed by atoms with Crippen LogP contribution in [0.1, 0.15) is 18.9 Å². The van der Waals surface area contributed by atoms with Crippen molar-refractivity contribution in [1.29, 1.82) is 0 Å². The first-order valence-corrected chi connectivity index (χ1v) is 5.44. The lowest BCUT2D eigenvalue weighted by Gasteiger charge is -2.06. The highest BCUT2D eigenvalue weighted by molar-refractivity contribution is 5.75. The minimum Gasteiger partial charge on any atom is -0.493 e. The molecule has 1 aromatic carbocycles. The molecule has 0 heterocycles. The van der Waals surface area contributed by atoms with Gasteiger partial charge in [-0.05, 0) is 24.6 Å². The first-order chi connectivity index (χ1) is 7.76. The second-order valence-corrected chi connectivity index (χ2v) is 3.40. The highest BCUT2D eigenvalue weighted by Gasteiger charge is 2.00. The average molecular weight is 222 g/mol. The zero-order valence-electron chi connectivity index (χ0n) is 9.53. The second-order valence-electron chi connectivity index (χ2n) is 3.40. The van der Waals surface area contributed by atoms with E-state index in [0.29, 0.717) is 26.1 Å². The fourth-order valence-electron chi connectivity index (χ4n) is 1.27. The van der Waals surface area contributed by atoms with Gasteiger partial charge in [0.2, 0.25) is 5.91 Å². The van der Waals surface area contributed by atoms with Crippen molar-refractivity contribution in [3.05, 3.63) is 29.8 Å².